The van der Waals surface area contributed by atoms with Crippen molar-refractivity contribution in [2.45, 2.75) is 13.2 Å². The lowest BCUT2D eigenvalue weighted by Crippen LogP contribution is -2.37. The zero-order valence-corrected chi connectivity index (χ0v) is 16.5. The number of rotatable bonds is 7. The predicted molar refractivity (Wildman–Crippen MR) is 103 cm³/mol. The number of nitriles is 1. The zero-order chi connectivity index (χ0) is 20.6. The second kappa shape index (κ2) is 9.78. The van der Waals surface area contributed by atoms with Crippen molar-refractivity contribution in [3.05, 3.63) is 81.9 Å². The molecule has 0 saturated carbocycles. The van der Waals surface area contributed by atoms with Gasteiger partial charge in [0.1, 0.15) is 18.9 Å². The van der Waals surface area contributed by atoms with Crippen LogP contribution in [-0.2, 0) is 32.6 Å². The third kappa shape index (κ3) is 5.25. The van der Waals surface area contributed by atoms with Crippen LogP contribution in [0.15, 0.2) is 65.8 Å². The van der Waals surface area contributed by atoms with Gasteiger partial charge < -0.3 is 9.47 Å². The number of sulfonamides is 1. The fraction of sp³-hybridized carbons (Fsp3) is 0.158. The number of halogens is 1. The summed E-state index contributed by atoms with van der Waals surface area (Å²) >= 11 is 6.09. The number of hydrogen-bond donors (Lipinski definition) is 0. The first-order chi connectivity index (χ1) is 13.4. The standard InChI is InChI=1S/C19H17ClN2O5S/c1-26-14-17(11-21)28(24,25)22(12-16-9-5-6-10-18(16)20)19(23)27-13-15-7-3-2-4-8-15/h2-10,14H,12-13H2,1H3/b17-14+. The molecule has 7 nitrogen and oxygen atoms in total. The highest BCUT2D eigenvalue weighted by atomic mass is 35.5. The summed E-state index contributed by atoms with van der Waals surface area (Å²) in [4.78, 5) is 11.9. The second-order valence-electron chi connectivity index (χ2n) is 5.47. The molecule has 28 heavy (non-hydrogen) atoms. The van der Waals surface area contributed by atoms with Crippen LogP contribution in [0.3, 0.4) is 0 Å². The second-order valence-corrected chi connectivity index (χ2v) is 7.71. The number of hydrogen-bond acceptors (Lipinski definition) is 6. The smallest absolute Gasteiger partial charge is 0.424 e. The lowest BCUT2D eigenvalue weighted by atomic mass is 10.2. The lowest BCUT2D eigenvalue weighted by molar-refractivity contribution is 0.118. The van der Waals surface area contributed by atoms with Gasteiger partial charge in [-0.1, -0.05) is 60.1 Å². The Hall–Kier alpha value is -3.02. The van der Waals surface area contributed by atoms with E-state index >= 15 is 0 Å². The third-order valence-corrected chi connectivity index (χ3v) is 5.55. The summed E-state index contributed by atoms with van der Waals surface area (Å²) in [6.07, 6.45) is -0.389. The largest absolute Gasteiger partial charge is 0.502 e. The first-order valence-electron chi connectivity index (χ1n) is 8.00. The van der Waals surface area contributed by atoms with Gasteiger partial charge in [0.15, 0.2) is 4.91 Å². The highest BCUT2D eigenvalue weighted by Gasteiger charge is 2.34. The van der Waals surface area contributed by atoms with Gasteiger partial charge in [-0.05, 0) is 17.2 Å². The maximum Gasteiger partial charge on any atom is 0.424 e. The molecule has 0 aliphatic heterocycles. The van der Waals surface area contributed by atoms with Crippen LogP contribution in [0.4, 0.5) is 4.79 Å². The van der Waals surface area contributed by atoms with Crippen molar-refractivity contribution in [2.24, 2.45) is 0 Å². The van der Waals surface area contributed by atoms with Crippen molar-refractivity contribution < 1.29 is 22.7 Å². The van der Waals surface area contributed by atoms with Gasteiger partial charge in [0, 0.05) is 5.02 Å². The van der Waals surface area contributed by atoms with Crippen molar-refractivity contribution in [3.8, 4) is 6.07 Å². The van der Waals surface area contributed by atoms with E-state index in [2.05, 4.69) is 4.74 Å². The Morgan fingerprint density at radius 3 is 2.43 bits per heavy atom. The Balaban J connectivity index is 2.35. The molecular weight excluding hydrogens is 404 g/mol. The van der Waals surface area contributed by atoms with E-state index in [1.807, 2.05) is 0 Å². The summed E-state index contributed by atoms with van der Waals surface area (Å²) in [5, 5.41) is 9.44. The summed E-state index contributed by atoms with van der Waals surface area (Å²) in [6.45, 7) is -0.539. The summed E-state index contributed by atoms with van der Waals surface area (Å²) < 4.78 is 35.9. The highest BCUT2D eigenvalue weighted by Crippen LogP contribution is 2.23. The van der Waals surface area contributed by atoms with Crippen LogP contribution < -0.4 is 0 Å². The van der Waals surface area contributed by atoms with Crippen LogP contribution in [0.2, 0.25) is 5.02 Å². The SMILES string of the molecule is CO/C=C(\C#N)S(=O)(=O)N(Cc1ccccc1Cl)C(=O)OCc1ccccc1. The Labute approximate surface area is 168 Å². The molecule has 146 valence electrons. The van der Waals surface area contributed by atoms with Gasteiger partial charge in [0.2, 0.25) is 0 Å². The number of ether oxygens (including phenoxy) is 2. The van der Waals surface area contributed by atoms with Crippen LogP contribution in [0.25, 0.3) is 0 Å². The Kier molecular flexibility index (Phi) is 7.44. The van der Waals surface area contributed by atoms with Gasteiger partial charge in [-0.25, -0.2) is 4.79 Å². The molecule has 0 bridgehead atoms. The van der Waals surface area contributed by atoms with E-state index < -0.39 is 27.6 Å². The summed E-state index contributed by atoms with van der Waals surface area (Å²) in [5.41, 5.74) is 1.05. The van der Waals surface area contributed by atoms with E-state index in [-0.39, 0.29) is 11.6 Å². The number of amides is 1. The molecule has 2 aromatic rings. The highest BCUT2D eigenvalue weighted by molar-refractivity contribution is 7.93. The van der Waals surface area contributed by atoms with E-state index in [0.717, 1.165) is 6.26 Å². The number of allylic oxidation sites excluding steroid dienone is 1. The average Bonchev–Trinajstić information content (AvgIpc) is 2.70. The molecule has 0 aromatic heterocycles. The molecule has 0 spiro atoms. The molecule has 2 rings (SSSR count). The number of carbonyl (C=O) groups excluding carboxylic acids is 1. The van der Waals surface area contributed by atoms with Crippen molar-refractivity contribution in [1.29, 1.82) is 5.26 Å². The summed E-state index contributed by atoms with van der Waals surface area (Å²) in [6, 6.07) is 16.7. The molecule has 0 fully saturated rings. The minimum absolute atomic E-state index is 0.135. The molecule has 0 N–H and O–H groups in total. The molecule has 0 radical (unpaired) electrons. The first-order valence-corrected chi connectivity index (χ1v) is 9.82. The molecule has 0 atom stereocenters. The molecule has 0 saturated heterocycles. The van der Waals surface area contributed by atoms with Crippen LogP contribution in [0.5, 0.6) is 0 Å². The molecule has 0 aliphatic rings. The molecule has 2 aromatic carbocycles. The number of nitrogens with zero attached hydrogens (tertiary/aromatic N) is 2. The van der Waals surface area contributed by atoms with Gasteiger partial charge in [-0.15, -0.1) is 0 Å². The number of carbonyl (C=O) groups is 1. The van der Waals surface area contributed by atoms with Crippen LogP contribution in [-0.4, -0.2) is 25.9 Å². The first kappa shape index (κ1) is 21.3. The summed E-state index contributed by atoms with van der Waals surface area (Å²) in [7, 11) is -3.33. The van der Waals surface area contributed by atoms with Crippen molar-refractivity contribution in [3.63, 3.8) is 0 Å². The van der Waals surface area contributed by atoms with Crippen molar-refractivity contribution in [1.82, 2.24) is 4.31 Å². The number of methoxy groups -OCH3 is 1. The van der Waals surface area contributed by atoms with Gasteiger partial charge in [-0.3, -0.25) is 0 Å². The minimum atomic E-state index is -4.52. The zero-order valence-electron chi connectivity index (χ0n) is 14.9. The Morgan fingerprint density at radius 1 is 1.18 bits per heavy atom. The van der Waals surface area contributed by atoms with Crippen molar-refractivity contribution >= 4 is 27.7 Å². The molecule has 0 aliphatic carbocycles. The van der Waals surface area contributed by atoms with Gasteiger partial charge in [-0.2, -0.15) is 18.0 Å². The van der Waals surface area contributed by atoms with Crippen LogP contribution in [0, 0.1) is 11.3 Å². The van der Waals surface area contributed by atoms with E-state index in [4.69, 9.17) is 21.6 Å². The maximum absolute atomic E-state index is 12.8. The fourth-order valence-corrected chi connectivity index (χ4v) is 3.51. The van der Waals surface area contributed by atoms with E-state index in [9.17, 15) is 13.2 Å². The van der Waals surface area contributed by atoms with Gasteiger partial charge >= 0.3 is 6.09 Å². The Morgan fingerprint density at radius 2 is 1.82 bits per heavy atom. The molecule has 0 unspecified atom stereocenters. The van der Waals surface area contributed by atoms with Crippen molar-refractivity contribution in [2.75, 3.05) is 7.11 Å². The average molecular weight is 421 g/mol. The number of benzene rings is 2. The topological polar surface area (TPSA) is 96.7 Å². The normalized spacial score (nSPS) is 11.4. The third-order valence-electron chi connectivity index (χ3n) is 3.58. The fourth-order valence-electron chi connectivity index (χ4n) is 2.19. The quantitative estimate of drug-likeness (QED) is 0.499. The Bertz CT molecular complexity index is 1000. The summed E-state index contributed by atoms with van der Waals surface area (Å²) in [5.74, 6) is 0. The molecule has 0 heterocycles. The maximum atomic E-state index is 12.8. The van der Waals surface area contributed by atoms with Gasteiger partial charge in [0.25, 0.3) is 10.0 Å². The molecule has 1 amide bonds. The molecular formula is C19H17ClN2O5S. The van der Waals surface area contributed by atoms with Crippen LogP contribution >= 0.6 is 11.6 Å². The van der Waals surface area contributed by atoms with E-state index in [1.54, 1.807) is 54.6 Å². The lowest BCUT2D eigenvalue weighted by Gasteiger charge is -2.22. The van der Waals surface area contributed by atoms with Gasteiger partial charge in [0.05, 0.1) is 13.7 Å². The van der Waals surface area contributed by atoms with E-state index in [0.29, 0.717) is 15.4 Å². The van der Waals surface area contributed by atoms with E-state index in [1.165, 1.54) is 13.2 Å². The monoisotopic (exact) mass is 420 g/mol. The predicted octanol–water partition coefficient (Wildman–Crippen LogP) is 3.82. The molecule has 9 heteroatoms. The van der Waals surface area contributed by atoms with Crippen LogP contribution in [0.1, 0.15) is 11.1 Å². The minimum Gasteiger partial charge on any atom is -0.502 e.